The first-order chi connectivity index (χ1) is 9.63. The predicted molar refractivity (Wildman–Crippen MR) is 80.5 cm³/mol. The number of piperidine rings is 1. The smallest absolute Gasteiger partial charge is 0.251 e. The molecule has 0 spiro atoms. The van der Waals surface area contributed by atoms with Crippen molar-refractivity contribution in [1.82, 2.24) is 10.2 Å². The molecule has 2 saturated heterocycles. The molecule has 2 fully saturated rings. The Kier molecular flexibility index (Phi) is 3.66. The normalized spacial score (nSPS) is 29.4. The van der Waals surface area contributed by atoms with E-state index >= 15 is 0 Å². The van der Waals surface area contributed by atoms with Crippen LogP contribution in [0.5, 0.6) is 0 Å². The van der Waals surface area contributed by atoms with E-state index in [0.717, 1.165) is 18.6 Å². The molecule has 1 amide bonds. The van der Waals surface area contributed by atoms with Crippen molar-refractivity contribution >= 4 is 11.6 Å². The van der Waals surface area contributed by atoms with Gasteiger partial charge in [-0.2, -0.15) is 0 Å². The molecule has 3 rings (SSSR count). The fourth-order valence-electron chi connectivity index (χ4n) is 3.66. The van der Waals surface area contributed by atoms with Gasteiger partial charge in [-0.3, -0.25) is 4.79 Å². The van der Waals surface area contributed by atoms with E-state index in [9.17, 15) is 4.79 Å². The molecule has 2 unspecified atom stereocenters. The Morgan fingerprint density at radius 2 is 1.85 bits per heavy atom. The minimum Gasteiger partial charge on any atom is -0.399 e. The first kappa shape index (κ1) is 13.4. The van der Waals surface area contributed by atoms with Crippen molar-refractivity contribution in [2.24, 2.45) is 5.92 Å². The maximum atomic E-state index is 12.1. The average molecular weight is 273 g/mol. The van der Waals surface area contributed by atoms with Crippen LogP contribution in [0.3, 0.4) is 0 Å². The SMILES string of the molecule is CN1C2CCC1CC(CNC(=O)c1ccc(N)cc1)C2. The van der Waals surface area contributed by atoms with E-state index in [1.807, 2.05) is 0 Å². The van der Waals surface area contributed by atoms with Gasteiger partial charge in [0.05, 0.1) is 0 Å². The zero-order valence-corrected chi connectivity index (χ0v) is 12.0. The summed E-state index contributed by atoms with van der Waals surface area (Å²) in [4.78, 5) is 14.6. The fourth-order valence-corrected chi connectivity index (χ4v) is 3.66. The molecule has 1 aromatic carbocycles. The van der Waals surface area contributed by atoms with E-state index in [4.69, 9.17) is 5.73 Å². The first-order valence-electron chi connectivity index (χ1n) is 7.49. The van der Waals surface area contributed by atoms with E-state index in [1.165, 1.54) is 25.7 Å². The van der Waals surface area contributed by atoms with E-state index in [0.29, 0.717) is 17.2 Å². The molecule has 0 radical (unpaired) electrons. The Morgan fingerprint density at radius 3 is 2.45 bits per heavy atom. The highest BCUT2D eigenvalue weighted by Crippen LogP contribution is 2.36. The molecule has 0 aromatic heterocycles. The van der Waals surface area contributed by atoms with E-state index in [-0.39, 0.29) is 5.91 Å². The molecule has 0 saturated carbocycles. The lowest BCUT2D eigenvalue weighted by molar-refractivity contribution is 0.0917. The van der Waals surface area contributed by atoms with Gasteiger partial charge in [0.2, 0.25) is 0 Å². The molecule has 20 heavy (non-hydrogen) atoms. The molecule has 2 aliphatic rings. The summed E-state index contributed by atoms with van der Waals surface area (Å²) < 4.78 is 0. The van der Waals surface area contributed by atoms with Gasteiger partial charge in [0.25, 0.3) is 5.91 Å². The van der Waals surface area contributed by atoms with Crippen LogP contribution in [0.25, 0.3) is 0 Å². The third-order valence-electron chi connectivity index (χ3n) is 4.92. The highest BCUT2D eigenvalue weighted by molar-refractivity contribution is 5.94. The molecule has 0 aliphatic carbocycles. The Morgan fingerprint density at radius 1 is 1.25 bits per heavy atom. The summed E-state index contributed by atoms with van der Waals surface area (Å²) in [5, 5.41) is 3.07. The maximum Gasteiger partial charge on any atom is 0.251 e. The molecule has 108 valence electrons. The first-order valence-corrected chi connectivity index (χ1v) is 7.49. The number of nitrogens with zero attached hydrogens (tertiary/aromatic N) is 1. The van der Waals surface area contributed by atoms with Gasteiger partial charge in [0.15, 0.2) is 0 Å². The minimum atomic E-state index is 0.0104. The van der Waals surface area contributed by atoms with Gasteiger partial charge in [0, 0.05) is 29.9 Å². The van der Waals surface area contributed by atoms with Crippen molar-refractivity contribution in [1.29, 1.82) is 0 Å². The highest BCUT2D eigenvalue weighted by atomic mass is 16.1. The summed E-state index contributed by atoms with van der Waals surface area (Å²) in [5.74, 6) is 0.637. The van der Waals surface area contributed by atoms with Crippen molar-refractivity contribution < 1.29 is 4.79 Å². The van der Waals surface area contributed by atoms with Crippen LogP contribution < -0.4 is 11.1 Å². The Balaban J connectivity index is 1.52. The van der Waals surface area contributed by atoms with Crippen molar-refractivity contribution in [3.8, 4) is 0 Å². The number of fused-ring (bicyclic) bond motifs is 2. The summed E-state index contributed by atoms with van der Waals surface area (Å²) >= 11 is 0. The Bertz CT molecular complexity index is 471. The second-order valence-corrected chi connectivity index (χ2v) is 6.22. The van der Waals surface area contributed by atoms with Gasteiger partial charge in [-0.1, -0.05) is 0 Å². The van der Waals surface area contributed by atoms with Gasteiger partial charge >= 0.3 is 0 Å². The number of amides is 1. The summed E-state index contributed by atoms with van der Waals surface area (Å²) in [6.07, 6.45) is 5.08. The molecule has 3 N–H and O–H groups in total. The molecule has 4 nitrogen and oxygen atoms in total. The van der Waals surface area contributed by atoms with Gasteiger partial charge in [-0.15, -0.1) is 0 Å². The Labute approximate surface area is 120 Å². The van der Waals surface area contributed by atoms with Crippen LogP contribution in [0.15, 0.2) is 24.3 Å². The molecule has 2 aliphatic heterocycles. The van der Waals surface area contributed by atoms with Crippen LogP contribution in [-0.2, 0) is 0 Å². The summed E-state index contributed by atoms with van der Waals surface area (Å²) in [7, 11) is 2.24. The predicted octanol–water partition coefficient (Wildman–Crippen LogP) is 1.87. The number of benzene rings is 1. The van der Waals surface area contributed by atoms with Gasteiger partial charge in [-0.05, 0) is 62.9 Å². The number of rotatable bonds is 3. The van der Waals surface area contributed by atoms with Crippen LogP contribution in [0.4, 0.5) is 5.69 Å². The van der Waals surface area contributed by atoms with E-state index in [1.54, 1.807) is 24.3 Å². The number of hydrogen-bond acceptors (Lipinski definition) is 3. The second kappa shape index (κ2) is 5.44. The van der Waals surface area contributed by atoms with Crippen LogP contribution in [-0.4, -0.2) is 36.5 Å². The summed E-state index contributed by atoms with van der Waals surface area (Å²) in [6, 6.07) is 8.56. The van der Waals surface area contributed by atoms with Crippen molar-refractivity contribution in [2.45, 2.75) is 37.8 Å². The molecular weight excluding hydrogens is 250 g/mol. The number of hydrogen-bond donors (Lipinski definition) is 2. The van der Waals surface area contributed by atoms with Crippen molar-refractivity contribution in [2.75, 3.05) is 19.3 Å². The number of nitrogens with two attached hydrogens (primary N) is 1. The molecular formula is C16H23N3O. The van der Waals surface area contributed by atoms with Crippen LogP contribution in [0, 0.1) is 5.92 Å². The zero-order valence-electron chi connectivity index (χ0n) is 12.0. The third-order valence-corrected chi connectivity index (χ3v) is 4.92. The minimum absolute atomic E-state index is 0.0104. The standard InChI is InChI=1S/C16H23N3O/c1-19-14-6-7-15(19)9-11(8-14)10-18-16(20)12-2-4-13(17)5-3-12/h2-5,11,14-15H,6-10,17H2,1H3,(H,18,20). The fraction of sp³-hybridized carbons (Fsp3) is 0.562. The van der Waals surface area contributed by atoms with Crippen LogP contribution in [0.2, 0.25) is 0 Å². The van der Waals surface area contributed by atoms with Crippen molar-refractivity contribution in [3.05, 3.63) is 29.8 Å². The average Bonchev–Trinajstić information content (AvgIpc) is 2.66. The van der Waals surface area contributed by atoms with E-state index in [2.05, 4.69) is 17.3 Å². The summed E-state index contributed by atoms with van der Waals surface area (Å²) in [5.41, 5.74) is 7.01. The third kappa shape index (κ3) is 2.66. The monoisotopic (exact) mass is 273 g/mol. The van der Waals surface area contributed by atoms with Crippen molar-refractivity contribution in [3.63, 3.8) is 0 Å². The molecule has 2 bridgehead atoms. The lowest BCUT2D eigenvalue weighted by atomic mass is 9.91. The highest BCUT2D eigenvalue weighted by Gasteiger charge is 2.38. The summed E-state index contributed by atoms with van der Waals surface area (Å²) in [6.45, 7) is 0.796. The Hall–Kier alpha value is -1.55. The number of nitrogens with one attached hydrogen (secondary N) is 1. The lowest BCUT2D eigenvalue weighted by Crippen LogP contribution is -2.43. The van der Waals surface area contributed by atoms with Gasteiger partial charge < -0.3 is 16.0 Å². The number of carbonyl (C=O) groups excluding carboxylic acids is 1. The number of anilines is 1. The molecule has 4 heteroatoms. The second-order valence-electron chi connectivity index (χ2n) is 6.22. The van der Waals surface area contributed by atoms with Crippen LogP contribution in [0.1, 0.15) is 36.0 Å². The number of nitrogen functional groups attached to an aromatic ring is 1. The topological polar surface area (TPSA) is 58.4 Å². The quantitative estimate of drug-likeness (QED) is 0.827. The molecule has 1 aromatic rings. The number of carbonyl (C=O) groups is 1. The molecule has 2 atom stereocenters. The maximum absolute atomic E-state index is 12.1. The van der Waals surface area contributed by atoms with E-state index < -0.39 is 0 Å². The zero-order chi connectivity index (χ0) is 14.1. The van der Waals surface area contributed by atoms with Crippen LogP contribution >= 0.6 is 0 Å². The molecule has 2 heterocycles. The lowest BCUT2D eigenvalue weighted by Gasteiger charge is -2.36. The largest absolute Gasteiger partial charge is 0.399 e. The van der Waals surface area contributed by atoms with Gasteiger partial charge in [-0.25, -0.2) is 0 Å². The van der Waals surface area contributed by atoms with Gasteiger partial charge in [0.1, 0.15) is 0 Å².